The zero-order valence-corrected chi connectivity index (χ0v) is 14.4. The molecule has 2 rings (SSSR count). The highest BCUT2D eigenvalue weighted by molar-refractivity contribution is 7.99. The molecule has 0 spiro atoms. The average Bonchev–Trinajstić information content (AvgIpc) is 2.61. The molecule has 2 aromatic carbocycles. The second kappa shape index (κ2) is 9.13. The number of nitrogens with two attached hydrogens (primary N) is 1. The Balaban J connectivity index is 2.12. The molecule has 2 aromatic rings. The molecule has 0 heterocycles. The molecule has 0 bridgehead atoms. The minimum atomic E-state index is -0.328. The molecule has 0 aromatic heterocycles. The highest BCUT2D eigenvalue weighted by Gasteiger charge is 2.18. The van der Waals surface area contributed by atoms with E-state index in [1.54, 1.807) is 18.9 Å². The summed E-state index contributed by atoms with van der Waals surface area (Å²) in [6.45, 7) is 0. The Kier molecular flexibility index (Phi) is 6.88. The van der Waals surface area contributed by atoms with Crippen LogP contribution in [0.1, 0.15) is 34.0 Å². The van der Waals surface area contributed by atoms with Crippen LogP contribution in [0.15, 0.2) is 54.6 Å². The second-order valence-electron chi connectivity index (χ2n) is 5.34. The van der Waals surface area contributed by atoms with Crippen LogP contribution < -0.4 is 10.5 Å². The highest BCUT2D eigenvalue weighted by Crippen LogP contribution is 2.34. The molecule has 0 fully saturated rings. The van der Waals surface area contributed by atoms with Crippen LogP contribution in [0.4, 0.5) is 0 Å². The van der Waals surface area contributed by atoms with E-state index in [9.17, 15) is 9.59 Å². The van der Waals surface area contributed by atoms with Gasteiger partial charge in [0.15, 0.2) is 5.78 Å². The van der Waals surface area contributed by atoms with Crippen molar-refractivity contribution in [1.29, 1.82) is 0 Å². The van der Waals surface area contributed by atoms with Gasteiger partial charge in [0.1, 0.15) is 5.75 Å². The largest absolute Gasteiger partial charge is 0.497 e. The van der Waals surface area contributed by atoms with E-state index >= 15 is 0 Å². The number of amides is 1. The predicted octanol–water partition coefficient (Wildman–Crippen LogP) is 3.62. The van der Waals surface area contributed by atoms with Crippen molar-refractivity contribution in [3.63, 3.8) is 0 Å². The Morgan fingerprint density at radius 2 is 1.75 bits per heavy atom. The fourth-order valence-corrected chi connectivity index (χ4v) is 3.53. The van der Waals surface area contributed by atoms with Crippen LogP contribution in [0.3, 0.4) is 0 Å². The van der Waals surface area contributed by atoms with E-state index in [1.807, 2.05) is 54.6 Å². The van der Waals surface area contributed by atoms with Crippen molar-refractivity contribution in [2.75, 3.05) is 12.9 Å². The summed E-state index contributed by atoms with van der Waals surface area (Å²) in [5.41, 5.74) is 6.95. The smallest absolute Gasteiger partial charge is 0.218 e. The van der Waals surface area contributed by atoms with E-state index in [4.69, 9.17) is 10.5 Å². The van der Waals surface area contributed by atoms with E-state index in [0.717, 1.165) is 11.3 Å². The van der Waals surface area contributed by atoms with Crippen LogP contribution >= 0.6 is 11.8 Å². The van der Waals surface area contributed by atoms with Gasteiger partial charge in [0.25, 0.3) is 0 Å². The van der Waals surface area contributed by atoms with Crippen molar-refractivity contribution in [2.45, 2.75) is 18.1 Å². The number of benzene rings is 2. The molecule has 4 nitrogen and oxygen atoms in total. The first-order valence-electron chi connectivity index (χ1n) is 7.72. The van der Waals surface area contributed by atoms with Crippen molar-refractivity contribution in [3.8, 4) is 5.75 Å². The number of Topliss-reactive ketones (excluding diaryl/α,β-unsaturated/α-hetero) is 1. The predicted molar refractivity (Wildman–Crippen MR) is 97.4 cm³/mol. The lowest BCUT2D eigenvalue weighted by atomic mass is 10.0. The summed E-state index contributed by atoms with van der Waals surface area (Å²) in [6.07, 6.45) is 0.677. The highest BCUT2D eigenvalue weighted by atomic mass is 32.2. The number of carbonyl (C=O) groups is 2. The summed E-state index contributed by atoms with van der Waals surface area (Å²) in [7, 11) is 1.62. The molecular weight excluding hydrogens is 322 g/mol. The molecule has 0 aliphatic carbocycles. The Morgan fingerprint density at radius 3 is 2.33 bits per heavy atom. The van der Waals surface area contributed by atoms with Gasteiger partial charge in [0.05, 0.1) is 7.11 Å². The van der Waals surface area contributed by atoms with E-state index in [2.05, 4.69) is 0 Å². The SMILES string of the molecule is COc1ccc(C(CC(=O)c2ccccc2)SCCC(N)=O)cc1. The third-order valence-corrected chi connectivity index (χ3v) is 4.90. The molecule has 1 atom stereocenters. The second-order valence-corrected chi connectivity index (χ2v) is 6.65. The third kappa shape index (κ3) is 5.42. The molecule has 1 unspecified atom stereocenters. The van der Waals surface area contributed by atoms with Gasteiger partial charge in [-0.15, -0.1) is 0 Å². The number of ether oxygens (including phenoxy) is 1. The van der Waals surface area contributed by atoms with Gasteiger partial charge < -0.3 is 10.5 Å². The number of rotatable bonds is 9. The topological polar surface area (TPSA) is 69.4 Å². The van der Waals surface area contributed by atoms with Crippen LogP contribution in [-0.4, -0.2) is 24.6 Å². The molecule has 126 valence electrons. The maximum Gasteiger partial charge on any atom is 0.218 e. The standard InChI is InChI=1S/C19H21NO3S/c1-23-16-9-7-15(8-10-16)18(24-12-11-19(20)22)13-17(21)14-5-3-2-4-6-14/h2-10,18H,11-13H2,1H3,(H2,20,22). The van der Waals surface area contributed by atoms with Crippen LogP contribution in [0.5, 0.6) is 5.75 Å². The zero-order valence-electron chi connectivity index (χ0n) is 13.6. The maximum atomic E-state index is 12.5. The monoisotopic (exact) mass is 343 g/mol. The molecule has 24 heavy (non-hydrogen) atoms. The van der Waals surface area contributed by atoms with Crippen molar-refractivity contribution in [2.24, 2.45) is 5.73 Å². The lowest BCUT2D eigenvalue weighted by Crippen LogP contribution is -2.12. The van der Waals surface area contributed by atoms with Gasteiger partial charge in [-0.1, -0.05) is 42.5 Å². The number of methoxy groups -OCH3 is 1. The number of thioether (sulfide) groups is 1. The van der Waals surface area contributed by atoms with Crippen LogP contribution in [-0.2, 0) is 4.79 Å². The summed E-state index contributed by atoms with van der Waals surface area (Å²) in [6, 6.07) is 16.9. The molecule has 0 radical (unpaired) electrons. The molecule has 0 aliphatic rings. The first-order valence-corrected chi connectivity index (χ1v) is 8.77. The number of carbonyl (C=O) groups excluding carboxylic acids is 2. The van der Waals surface area contributed by atoms with Gasteiger partial charge in [-0.25, -0.2) is 0 Å². The Morgan fingerprint density at radius 1 is 1.08 bits per heavy atom. The van der Waals surface area contributed by atoms with Gasteiger partial charge in [-0.3, -0.25) is 9.59 Å². The molecule has 2 N–H and O–H groups in total. The molecule has 0 saturated carbocycles. The summed E-state index contributed by atoms with van der Waals surface area (Å²) >= 11 is 1.58. The number of hydrogen-bond acceptors (Lipinski definition) is 4. The normalized spacial score (nSPS) is 11.7. The lowest BCUT2D eigenvalue weighted by molar-refractivity contribution is -0.117. The summed E-state index contributed by atoms with van der Waals surface area (Å²) < 4.78 is 5.18. The summed E-state index contributed by atoms with van der Waals surface area (Å²) in [5.74, 6) is 1.12. The van der Waals surface area contributed by atoms with Gasteiger partial charge in [0, 0.05) is 29.4 Å². The molecule has 5 heteroatoms. The Labute approximate surface area is 146 Å². The zero-order chi connectivity index (χ0) is 17.4. The number of hydrogen-bond donors (Lipinski definition) is 1. The lowest BCUT2D eigenvalue weighted by Gasteiger charge is -2.17. The molecule has 1 amide bonds. The van der Waals surface area contributed by atoms with Crippen LogP contribution in [0, 0.1) is 0 Å². The van der Waals surface area contributed by atoms with E-state index in [1.165, 1.54) is 0 Å². The van der Waals surface area contributed by atoms with E-state index < -0.39 is 0 Å². The van der Waals surface area contributed by atoms with Crippen LogP contribution in [0.2, 0.25) is 0 Å². The third-order valence-electron chi connectivity index (χ3n) is 3.62. The van der Waals surface area contributed by atoms with Crippen molar-refractivity contribution in [1.82, 2.24) is 0 Å². The molecule has 0 aliphatic heterocycles. The first-order chi connectivity index (χ1) is 11.6. The minimum absolute atomic E-state index is 0.0250. The van der Waals surface area contributed by atoms with E-state index in [0.29, 0.717) is 24.2 Å². The Hall–Kier alpha value is -2.27. The van der Waals surface area contributed by atoms with Gasteiger partial charge in [-0.05, 0) is 17.7 Å². The fraction of sp³-hybridized carbons (Fsp3) is 0.263. The maximum absolute atomic E-state index is 12.5. The quantitative estimate of drug-likeness (QED) is 0.706. The number of primary amides is 1. The average molecular weight is 343 g/mol. The van der Waals surface area contributed by atoms with Crippen molar-refractivity contribution < 1.29 is 14.3 Å². The first kappa shape index (κ1) is 18.1. The van der Waals surface area contributed by atoms with Crippen molar-refractivity contribution in [3.05, 3.63) is 65.7 Å². The number of ketones is 1. The van der Waals surface area contributed by atoms with Crippen LogP contribution in [0.25, 0.3) is 0 Å². The Bertz CT molecular complexity index is 671. The van der Waals surface area contributed by atoms with Gasteiger partial charge in [-0.2, -0.15) is 11.8 Å². The fourth-order valence-electron chi connectivity index (χ4n) is 2.30. The minimum Gasteiger partial charge on any atom is -0.497 e. The van der Waals surface area contributed by atoms with E-state index in [-0.39, 0.29) is 16.9 Å². The molecule has 0 saturated heterocycles. The van der Waals surface area contributed by atoms with Gasteiger partial charge in [0.2, 0.25) is 5.91 Å². The van der Waals surface area contributed by atoms with Crippen molar-refractivity contribution >= 4 is 23.5 Å². The summed E-state index contributed by atoms with van der Waals surface area (Å²) in [5, 5.41) is -0.0250. The van der Waals surface area contributed by atoms with Gasteiger partial charge >= 0.3 is 0 Å². The summed E-state index contributed by atoms with van der Waals surface area (Å²) in [4.78, 5) is 23.5. The molecular formula is C19H21NO3S.